The molecule has 26 heavy (non-hydrogen) atoms. The van der Waals surface area contributed by atoms with Crippen LogP contribution in [0.15, 0.2) is 4.99 Å². The lowest BCUT2D eigenvalue weighted by Gasteiger charge is -2.39. The molecule has 2 fully saturated rings. The number of sulfone groups is 1. The quantitative estimate of drug-likeness (QED) is 0.364. The van der Waals surface area contributed by atoms with Crippen LogP contribution < -0.4 is 5.32 Å². The molecule has 0 aromatic rings. The number of guanidine groups is 1. The van der Waals surface area contributed by atoms with Gasteiger partial charge in [0, 0.05) is 32.2 Å². The summed E-state index contributed by atoms with van der Waals surface area (Å²) in [5, 5.41) is 3.35. The summed E-state index contributed by atoms with van der Waals surface area (Å²) < 4.78 is 23.8. The zero-order chi connectivity index (χ0) is 18.7. The van der Waals surface area contributed by atoms with Gasteiger partial charge >= 0.3 is 0 Å². The molecule has 2 heterocycles. The summed E-state index contributed by atoms with van der Waals surface area (Å²) in [5.74, 6) is 1.81. The molecular weight excluding hydrogens is 463 g/mol. The molecule has 2 saturated heterocycles. The van der Waals surface area contributed by atoms with E-state index in [1.807, 2.05) is 13.8 Å². The van der Waals surface area contributed by atoms with E-state index in [4.69, 9.17) is 4.99 Å². The van der Waals surface area contributed by atoms with Gasteiger partial charge in [0.15, 0.2) is 15.8 Å². The molecule has 0 amide bonds. The first kappa shape index (κ1) is 23.9. The van der Waals surface area contributed by atoms with Gasteiger partial charge in [0.25, 0.3) is 0 Å². The molecule has 2 aliphatic heterocycles. The van der Waals surface area contributed by atoms with Crippen LogP contribution in [0.2, 0.25) is 0 Å². The van der Waals surface area contributed by atoms with E-state index >= 15 is 0 Å². The highest BCUT2D eigenvalue weighted by molar-refractivity contribution is 14.0. The molecule has 0 spiro atoms. The predicted molar refractivity (Wildman–Crippen MR) is 120 cm³/mol. The third-order valence-corrected chi connectivity index (χ3v) is 8.03. The number of likely N-dealkylation sites (tertiary alicyclic amines) is 1. The van der Waals surface area contributed by atoms with E-state index in [0.29, 0.717) is 19.1 Å². The van der Waals surface area contributed by atoms with E-state index in [0.717, 1.165) is 38.1 Å². The molecule has 0 bridgehead atoms. The van der Waals surface area contributed by atoms with Crippen LogP contribution in [0.5, 0.6) is 0 Å². The van der Waals surface area contributed by atoms with Gasteiger partial charge in [-0.3, -0.25) is 9.89 Å². The fraction of sp³-hybridized carbons (Fsp3) is 0.944. The lowest BCUT2D eigenvalue weighted by Crippen LogP contribution is -2.57. The van der Waals surface area contributed by atoms with Crippen LogP contribution in [0.4, 0.5) is 0 Å². The molecule has 0 aromatic heterocycles. The van der Waals surface area contributed by atoms with Gasteiger partial charge in [-0.25, -0.2) is 8.42 Å². The molecule has 8 heteroatoms. The molecule has 0 saturated carbocycles. The van der Waals surface area contributed by atoms with Crippen LogP contribution in [-0.2, 0) is 9.84 Å². The molecule has 2 aliphatic rings. The van der Waals surface area contributed by atoms with Crippen molar-refractivity contribution >= 4 is 39.8 Å². The van der Waals surface area contributed by atoms with Crippen molar-refractivity contribution in [2.45, 2.75) is 58.2 Å². The molecule has 0 aromatic carbocycles. The summed E-state index contributed by atoms with van der Waals surface area (Å²) in [7, 11) is -3.03. The fourth-order valence-electron chi connectivity index (χ4n) is 3.71. The van der Waals surface area contributed by atoms with E-state index in [9.17, 15) is 8.42 Å². The lowest BCUT2D eigenvalue weighted by molar-refractivity contribution is 0.142. The summed E-state index contributed by atoms with van der Waals surface area (Å²) in [4.78, 5) is 9.49. The highest BCUT2D eigenvalue weighted by Gasteiger charge is 2.41. The average molecular weight is 500 g/mol. The minimum absolute atomic E-state index is 0. The molecule has 1 N–H and O–H groups in total. The van der Waals surface area contributed by atoms with Gasteiger partial charge in [-0.15, -0.1) is 24.0 Å². The molecule has 0 aliphatic carbocycles. The van der Waals surface area contributed by atoms with Crippen molar-refractivity contribution in [3.8, 4) is 0 Å². The smallest absolute Gasteiger partial charge is 0.194 e. The van der Waals surface area contributed by atoms with Crippen molar-refractivity contribution in [1.29, 1.82) is 0 Å². The van der Waals surface area contributed by atoms with E-state index in [1.165, 1.54) is 12.8 Å². The maximum absolute atomic E-state index is 12.2. The van der Waals surface area contributed by atoms with E-state index < -0.39 is 14.6 Å². The Morgan fingerprint density at radius 3 is 2.62 bits per heavy atom. The van der Waals surface area contributed by atoms with Crippen LogP contribution in [0.3, 0.4) is 0 Å². The SMILES string of the molecule is CCNC(=NCC(C)N1CCCC(C)C1)N1CCS(=O)(=O)C(C)(C)C1.I. The minimum atomic E-state index is -3.03. The summed E-state index contributed by atoms with van der Waals surface area (Å²) in [6.45, 7) is 15.1. The van der Waals surface area contributed by atoms with Gasteiger partial charge < -0.3 is 10.2 Å². The Labute approximate surface area is 177 Å². The van der Waals surface area contributed by atoms with Crippen molar-refractivity contribution in [3.63, 3.8) is 0 Å². The number of halogens is 1. The van der Waals surface area contributed by atoms with E-state index in [2.05, 4.69) is 35.9 Å². The monoisotopic (exact) mass is 500 g/mol. The number of nitrogens with one attached hydrogen (secondary N) is 1. The van der Waals surface area contributed by atoms with E-state index in [1.54, 1.807) is 0 Å². The van der Waals surface area contributed by atoms with Crippen LogP contribution in [0, 0.1) is 5.92 Å². The van der Waals surface area contributed by atoms with Crippen molar-refractivity contribution in [2.24, 2.45) is 10.9 Å². The first-order chi connectivity index (χ1) is 11.7. The number of aliphatic imine (C=N–C) groups is 1. The minimum Gasteiger partial charge on any atom is -0.357 e. The average Bonchev–Trinajstić information content (AvgIpc) is 2.54. The van der Waals surface area contributed by atoms with Crippen LogP contribution in [0.1, 0.15) is 47.5 Å². The largest absolute Gasteiger partial charge is 0.357 e. The Morgan fingerprint density at radius 1 is 1.35 bits per heavy atom. The van der Waals surface area contributed by atoms with Gasteiger partial charge in [-0.05, 0) is 53.0 Å². The summed E-state index contributed by atoms with van der Waals surface area (Å²) in [6.07, 6.45) is 2.60. The topological polar surface area (TPSA) is 65.0 Å². The lowest BCUT2D eigenvalue weighted by atomic mass is 9.99. The van der Waals surface area contributed by atoms with Gasteiger partial charge in [-0.2, -0.15) is 0 Å². The van der Waals surface area contributed by atoms with Crippen molar-refractivity contribution in [2.75, 3.05) is 45.0 Å². The highest BCUT2D eigenvalue weighted by atomic mass is 127. The summed E-state index contributed by atoms with van der Waals surface area (Å²) >= 11 is 0. The summed E-state index contributed by atoms with van der Waals surface area (Å²) in [6, 6.07) is 0.415. The number of hydrogen-bond acceptors (Lipinski definition) is 4. The molecule has 6 nitrogen and oxygen atoms in total. The zero-order valence-electron chi connectivity index (χ0n) is 17.0. The number of hydrogen-bond donors (Lipinski definition) is 1. The normalized spacial score (nSPS) is 27.5. The maximum Gasteiger partial charge on any atom is 0.194 e. The molecule has 2 atom stereocenters. The Bertz CT molecular complexity index is 580. The third-order valence-electron chi connectivity index (χ3n) is 5.49. The molecule has 2 rings (SSSR count). The van der Waals surface area contributed by atoms with Gasteiger partial charge in [0.05, 0.1) is 17.0 Å². The molecule has 0 radical (unpaired) electrons. The Kier molecular flexibility index (Phi) is 9.13. The fourth-order valence-corrected chi connectivity index (χ4v) is 5.08. The van der Waals surface area contributed by atoms with Crippen LogP contribution in [0.25, 0.3) is 0 Å². The zero-order valence-corrected chi connectivity index (χ0v) is 20.1. The Balaban J connectivity index is 0.00000338. The van der Waals surface area contributed by atoms with Crippen molar-refractivity contribution in [1.82, 2.24) is 15.1 Å². The highest BCUT2D eigenvalue weighted by Crippen LogP contribution is 2.24. The van der Waals surface area contributed by atoms with E-state index in [-0.39, 0.29) is 29.7 Å². The van der Waals surface area contributed by atoms with Crippen LogP contribution >= 0.6 is 24.0 Å². The second-order valence-corrected chi connectivity index (χ2v) is 11.0. The maximum atomic E-state index is 12.2. The first-order valence-electron chi connectivity index (χ1n) is 9.66. The van der Waals surface area contributed by atoms with Crippen LogP contribution in [-0.4, -0.2) is 80.0 Å². The second kappa shape index (κ2) is 9.91. The molecule has 154 valence electrons. The predicted octanol–water partition coefficient (Wildman–Crippen LogP) is 2.20. The molecular formula is C18H37IN4O2S. The standard InChI is InChI=1S/C18H36N4O2S.HI/c1-6-19-17(22-10-11-25(23,24)18(4,5)14-22)20-12-16(3)21-9-7-8-15(2)13-21;/h15-16H,6-14H2,1-5H3,(H,19,20);1H. The number of rotatable bonds is 4. The van der Waals surface area contributed by atoms with Gasteiger partial charge in [-0.1, -0.05) is 6.92 Å². The summed E-state index contributed by atoms with van der Waals surface area (Å²) in [5.41, 5.74) is 0. The molecule has 2 unspecified atom stereocenters. The first-order valence-corrected chi connectivity index (χ1v) is 11.3. The Morgan fingerprint density at radius 2 is 2.04 bits per heavy atom. The third kappa shape index (κ3) is 5.95. The van der Waals surface area contributed by atoms with Crippen molar-refractivity contribution < 1.29 is 8.42 Å². The number of piperidine rings is 1. The van der Waals surface area contributed by atoms with Gasteiger partial charge in [0.2, 0.25) is 0 Å². The second-order valence-electron chi connectivity index (χ2n) is 8.29. The number of nitrogens with zero attached hydrogens (tertiary/aromatic N) is 3. The Hall–Kier alpha value is -0.0900. The van der Waals surface area contributed by atoms with Crippen molar-refractivity contribution in [3.05, 3.63) is 0 Å². The van der Waals surface area contributed by atoms with Gasteiger partial charge in [0.1, 0.15) is 0 Å².